The van der Waals surface area contributed by atoms with Crippen molar-refractivity contribution in [2.75, 3.05) is 14.2 Å². The van der Waals surface area contributed by atoms with Crippen molar-refractivity contribution in [1.82, 2.24) is 19.7 Å². The molecule has 0 atom stereocenters. The van der Waals surface area contributed by atoms with E-state index in [1.807, 2.05) is 53.2 Å². The largest absolute Gasteiger partial charge is 0.497 e. The summed E-state index contributed by atoms with van der Waals surface area (Å²) in [5, 5.41) is 8.40. The first-order valence-electron chi connectivity index (χ1n) is 7.69. The fraction of sp³-hybridized carbons (Fsp3) is 0.111. The van der Waals surface area contributed by atoms with E-state index in [2.05, 4.69) is 15.2 Å². The second kappa shape index (κ2) is 6.10. The van der Waals surface area contributed by atoms with Crippen LogP contribution in [0.5, 0.6) is 11.5 Å². The lowest BCUT2D eigenvalue weighted by molar-refractivity contribution is 0.401. The minimum Gasteiger partial charge on any atom is -0.497 e. The molecule has 4 rings (SSSR count). The molecule has 0 amide bonds. The Kier molecular flexibility index (Phi) is 3.77. The molecule has 25 heavy (non-hydrogen) atoms. The number of H-pyrrole nitrogens is 2. The Bertz CT molecular complexity index is 1110. The molecule has 0 radical (unpaired) electrons. The number of aromatic amines is 2. The van der Waals surface area contributed by atoms with Gasteiger partial charge in [-0.3, -0.25) is 9.67 Å². The smallest absolute Gasteiger partial charge is 0.200 e. The second-order valence-electron chi connectivity index (χ2n) is 5.47. The molecule has 7 heteroatoms. The molecule has 0 aliphatic heterocycles. The van der Waals surface area contributed by atoms with Gasteiger partial charge in [0.15, 0.2) is 10.6 Å². The molecule has 0 saturated carbocycles. The number of hydrogen-bond acceptors (Lipinski definition) is 4. The lowest BCUT2D eigenvalue weighted by Crippen LogP contribution is -2.01. The van der Waals surface area contributed by atoms with E-state index in [4.69, 9.17) is 21.7 Å². The van der Waals surface area contributed by atoms with Gasteiger partial charge in [-0.15, -0.1) is 0 Å². The van der Waals surface area contributed by atoms with E-state index in [0.29, 0.717) is 22.1 Å². The zero-order chi connectivity index (χ0) is 17.4. The molecule has 0 saturated heterocycles. The van der Waals surface area contributed by atoms with Crippen molar-refractivity contribution < 1.29 is 9.47 Å². The van der Waals surface area contributed by atoms with Crippen molar-refractivity contribution in [3.63, 3.8) is 0 Å². The number of hydrogen-bond donors (Lipinski definition) is 2. The summed E-state index contributed by atoms with van der Waals surface area (Å²) in [6.07, 6.45) is 1.93. The molecule has 0 spiro atoms. The highest BCUT2D eigenvalue weighted by atomic mass is 32.1. The summed E-state index contributed by atoms with van der Waals surface area (Å²) in [5.41, 5.74) is 2.75. The van der Waals surface area contributed by atoms with Gasteiger partial charge in [-0.2, -0.15) is 5.10 Å². The summed E-state index contributed by atoms with van der Waals surface area (Å²) in [6, 6.07) is 13.6. The summed E-state index contributed by atoms with van der Waals surface area (Å²) < 4.78 is 13.2. The molecule has 2 aromatic heterocycles. The van der Waals surface area contributed by atoms with E-state index < -0.39 is 0 Å². The Hall–Kier alpha value is -3.06. The normalized spacial score (nSPS) is 11.0. The van der Waals surface area contributed by atoms with Crippen LogP contribution >= 0.6 is 12.2 Å². The Morgan fingerprint density at radius 2 is 1.92 bits per heavy atom. The van der Waals surface area contributed by atoms with E-state index >= 15 is 0 Å². The van der Waals surface area contributed by atoms with Gasteiger partial charge in [0, 0.05) is 28.7 Å². The standard InChI is InChI=1S/C18H16N4O2S/c1-23-11-7-8-16(24-2)15(9-11)22-17(20-21-18(22)25)13-10-19-14-6-4-3-5-12(13)14/h3-10,19H,1-2H3,(H,21,25). The zero-order valence-electron chi connectivity index (χ0n) is 13.7. The average Bonchev–Trinajstić information content (AvgIpc) is 3.24. The van der Waals surface area contributed by atoms with Gasteiger partial charge >= 0.3 is 0 Å². The van der Waals surface area contributed by atoms with Crippen LogP contribution in [0.3, 0.4) is 0 Å². The third kappa shape index (κ3) is 2.49. The minimum absolute atomic E-state index is 0.479. The Morgan fingerprint density at radius 1 is 1.08 bits per heavy atom. The van der Waals surface area contributed by atoms with Crippen LogP contribution in [0.2, 0.25) is 0 Å². The van der Waals surface area contributed by atoms with Crippen LogP contribution in [-0.4, -0.2) is 34.0 Å². The van der Waals surface area contributed by atoms with E-state index in [1.165, 1.54) is 0 Å². The monoisotopic (exact) mass is 352 g/mol. The quantitative estimate of drug-likeness (QED) is 0.543. The van der Waals surface area contributed by atoms with Crippen molar-refractivity contribution in [3.05, 3.63) is 53.4 Å². The number of rotatable bonds is 4. The SMILES string of the molecule is COc1ccc(OC)c(-n2c(-c3c[nH]c4ccccc34)n[nH]c2=S)c1. The van der Waals surface area contributed by atoms with E-state index in [9.17, 15) is 0 Å². The molecule has 0 unspecified atom stereocenters. The highest BCUT2D eigenvalue weighted by Gasteiger charge is 2.18. The predicted octanol–water partition coefficient (Wildman–Crippen LogP) is 4.10. The Labute approximate surface area is 149 Å². The van der Waals surface area contributed by atoms with E-state index in [1.54, 1.807) is 14.2 Å². The first-order valence-corrected chi connectivity index (χ1v) is 8.10. The van der Waals surface area contributed by atoms with Gasteiger partial charge in [-0.05, 0) is 30.4 Å². The summed E-state index contributed by atoms with van der Waals surface area (Å²) in [4.78, 5) is 3.27. The number of nitrogens with one attached hydrogen (secondary N) is 2. The number of fused-ring (bicyclic) bond motifs is 1. The van der Waals surface area contributed by atoms with Gasteiger partial charge < -0.3 is 14.5 Å². The second-order valence-corrected chi connectivity index (χ2v) is 5.86. The van der Waals surface area contributed by atoms with Gasteiger partial charge in [0.2, 0.25) is 0 Å². The van der Waals surface area contributed by atoms with Gasteiger partial charge in [-0.25, -0.2) is 0 Å². The molecule has 2 aromatic carbocycles. The molecule has 6 nitrogen and oxygen atoms in total. The summed E-state index contributed by atoms with van der Waals surface area (Å²) >= 11 is 5.48. The van der Waals surface area contributed by atoms with Crippen LogP contribution in [-0.2, 0) is 0 Å². The first-order chi connectivity index (χ1) is 12.2. The molecule has 0 bridgehead atoms. The fourth-order valence-electron chi connectivity index (χ4n) is 2.93. The summed E-state index contributed by atoms with van der Waals surface area (Å²) in [5.74, 6) is 2.09. The molecule has 0 aliphatic rings. The van der Waals surface area contributed by atoms with Gasteiger partial charge in [0.1, 0.15) is 11.5 Å². The molecular weight excluding hydrogens is 336 g/mol. The lowest BCUT2D eigenvalue weighted by Gasteiger charge is -2.12. The molecular formula is C18H16N4O2S. The van der Waals surface area contributed by atoms with Gasteiger partial charge in [-0.1, -0.05) is 18.2 Å². The predicted molar refractivity (Wildman–Crippen MR) is 99.1 cm³/mol. The molecule has 2 heterocycles. The maximum Gasteiger partial charge on any atom is 0.200 e. The average molecular weight is 352 g/mol. The third-order valence-electron chi connectivity index (χ3n) is 4.13. The van der Waals surface area contributed by atoms with Crippen molar-refractivity contribution in [3.8, 4) is 28.6 Å². The highest BCUT2D eigenvalue weighted by molar-refractivity contribution is 7.71. The maximum absolute atomic E-state index is 5.51. The summed E-state index contributed by atoms with van der Waals surface area (Å²) in [6.45, 7) is 0. The minimum atomic E-state index is 0.479. The number of ether oxygens (including phenoxy) is 2. The van der Waals surface area contributed by atoms with Crippen molar-refractivity contribution in [2.24, 2.45) is 0 Å². The van der Waals surface area contributed by atoms with E-state index in [0.717, 1.165) is 22.2 Å². The fourth-order valence-corrected chi connectivity index (χ4v) is 3.16. The zero-order valence-corrected chi connectivity index (χ0v) is 14.6. The number of para-hydroxylation sites is 1. The lowest BCUT2D eigenvalue weighted by atomic mass is 10.1. The molecule has 2 N–H and O–H groups in total. The number of benzene rings is 2. The number of methoxy groups -OCH3 is 2. The summed E-state index contributed by atoms with van der Waals surface area (Å²) in [7, 11) is 3.25. The van der Waals surface area contributed by atoms with E-state index in [-0.39, 0.29) is 0 Å². The van der Waals surface area contributed by atoms with Gasteiger partial charge in [0.25, 0.3) is 0 Å². The molecule has 4 aromatic rings. The van der Waals surface area contributed by atoms with Crippen LogP contribution in [0.15, 0.2) is 48.7 Å². The van der Waals surface area contributed by atoms with Crippen molar-refractivity contribution >= 4 is 23.1 Å². The van der Waals surface area contributed by atoms with Crippen LogP contribution < -0.4 is 9.47 Å². The van der Waals surface area contributed by atoms with Gasteiger partial charge in [0.05, 0.1) is 19.9 Å². The van der Waals surface area contributed by atoms with Crippen LogP contribution in [0.1, 0.15) is 0 Å². The Balaban J connectivity index is 2.00. The topological polar surface area (TPSA) is 67.9 Å². The highest BCUT2D eigenvalue weighted by Crippen LogP contribution is 2.33. The van der Waals surface area contributed by atoms with Crippen LogP contribution in [0.25, 0.3) is 28.0 Å². The van der Waals surface area contributed by atoms with Crippen molar-refractivity contribution in [1.29, 1.82) is 0 Å². The number of aromatic nitrogens is 4. The number of nitrogens with zero attached hydrogens (tertiary/aromatic N) is 2. The van der Waals surface area contributed by atoms with Crippen molar-refractivity contribution in [2.45, 2.75) is 0 Å². The Morgan fingerprint density at radius 3 is 2.72 bits per heavy atom. The first kappa shape index (κ1) is 15.5. The van der Waals surface area contributed by atoms with Crippen LogP contribution in [0.4, 0.5) is 0 Å². The van der Waals surface area contributed by atoms with Crippen LogP contribution in [0, 0.1) is 4.77 Å². The third-order valence-corrected chi connectivity index (χ3v) is 4.40. The molecule has 0 fully saturated rings. The molecule has 126 valence electrons. The maximum atomic E-state index is 5.51. The molecule has 0 aliphatic carbocycles.